The molecule has 3 rings (SSSR count). The summed E-state index contributed by atoms with van der Waals surface area (Å²) < 4.78 is 11.7. The Hall–Kier alpha value is -2.24. The fraction of sp³-hybridized carbons (Fsp3) is 0.409. The number of nitrogens with one attached hydrogen (secondary N) is 1. The summed E-state index contributed by atoms with van der Waals surface area (Å²) in [6.07, 6.45) is 1.76. The van der Waals surface area contributed by atoms with Crippen molar-refractivity contribution < 1.29 is 14.3 Å². The lowest BCUT2D eigenvalue weighted by Gasteiger charge is -2.29. The van der Waals surface area contributed by atoms with Gasteiger partial charge in [0.05, 0.1) is 5.02 Å². The largest absolute Gasteiger partial charge is 0.490 e. The van der Waals surface area contributed by atoms with E-state index < -0.39 is 6.10 Å². The molecule has 0 saturated carbocycles. The van der Waals surface area contributed by atoms with E-state index >= 15 is 0 Å². The highest BCUT2D eigenvalue weighted by Gasteiger charge is 2.18. The zero-order valence-electron chi connectivity index (χ0n) is 16.4. The third-order valence-corrected chi connectivity index (χ3v) is 5.18. The van der Waals surface area contributed by atoms with Gasteiger partial charge in [-0.3, -0.25) is 4.79 Å². The topological polar surface area (TPSA) is 50.8 Å². The first kappa shape index (κ1) is 20.5. The highest BCUT2D eigenvalue weighted by atomic mass is 35.5. The van der Waals surface area contributed by atoms with E-state index in [1.165, 1.54) is 0 Å². The zero-order chi connectivity index (χ0) is 19.9. The van der Waals surface area contributed by atoms with Gasteiger partial charge in [0.1, 0.15) is 17.6 Å². The van der Waals surface area contributed by atoms with E-state index in [2.05, 4.69) is 17.3 Å². The van der Waals surface area contributed by atoms with E-state index in [-0.39, 0.29) is 12.0 Å². The number of carbonyl (C=O) groups excluding carboxylic acids is 1. The molecule has 0 bridgehead atoms. The molecule has 1 fully saturated rings. The van der Waals surface area contributed by atoms with Crippen LogP contribution in [0.25, 0.3) is 0 Å². The number of likely N-dealkylation sites (tertiary alicyclic amines) is 1. The van der Waals surface area contributed by atoms with Gasteiger partial charge >= 0.3 is 0 Å². The van der Waals surface area contributed by atoms with Crippen LogP contribution in [0.2, 0.25) is 5.02 Å². The van der Waals surface area contributed by atoms with Crippen molar-refractivity contribution in [2.75, 3.05) is 20.1 Å². The number of rotatable bonds is 7. The van der Waals surface area contributed by atoms with Crippen LogP contribution in [-0.4, -0.2) is 43.2 Å². The second-order valence-corrected chi connectivity index (χ2v) is 7.58. The second kappa shape index (κ2) is 9.80. The molecule has 0 unspecified atom stereocenters. The number of hydrogen-bond donors (Lipinski definition) is 1. The van der Waals surface area contributed by atoms with Crippen LogP contribution in [0.5, 0.6) is 11.5 Å². The average Bonchev–Trinajstić information content (AvgIpc) is 2.70. The molecular formula is C22H27ClN2O3. The monoisotopic (exact) mass is 402 g/mol. The molecule has 6 heteroatoms. The molecule has 1 N–H and O–H groups in total. The number of ether oxygens (including phenoxy) is 2. The van der Waals surface area contributed by atoms with Crippen LogP contribution in [0.4, 0.5) is 0 Å². The van der Waals surface area contributed by atoms with Crippen LogP contribution >= 0.6 is 11.6 Å². The van der Waals surface area contributed by atoms with E-state index in [1.54, 1.807) is 19.1 Å². The first-order valence-electron chi connectivity index (χ1n) is 9.64. The van der Waals surface area contributed by atoms with Crippen LogP contribution < -0.4 is 14.8 Å². The number of para-hydroxylation sites is 1. The summed E-state index contributed by atoms with van der Waals surface area (Å²) in [7, 11) is 2.14. The lowest BCUT2D eigenvalue weighted by Crippen LogP contribution is -2.36. The Labute approximate surface area is 171 Å². The van der Waals surface area contributed by atoms with Crippen molar-refractivity contribution in [3.63, 3.8) is 0 Å². The molecule has 2 aromatic carbocycles. The third kappa shape index (κ3) is 5.88. The van der Waals surface area contributed by atoms with Gasteiger partial charge in [0, 0.05) is 19.6 Å². The predicted molar refractivity (Wildman–Crippen MR) is 111 cm³/mol. The minimum Gasteiger partial charge on any atom is -0.490 e. The lowest BCUT2D eigenvalue weighted by atomic mass is 10.1. The molecule has 1 atom stereocenters. The van der Waals surface area contributed by atoms with E-state index in [4.69, 9.17) is 21.1 Å². The molecule has 28 heavy (non-hydrogen) atoms. The lowest BCUT2D eigenvalue weighted by molar-refractivity contribution is -0.127. The van der Waals surface area contributed by atoms with Crippen molar-refractivity contribution in [2.45, 2.75) is 38.5 Å². The van der Waals surface area contributed by atoms with Gasteiger partial charge in [-0.15, -0.1) is 0 Å². The Morgan fingerprint density at radius 1 is 1.18 bits per heavy atom. The molecule has 0 radical (unpaired) electrons. The van der Waals surface area contributed by atoms with Crippen molar-refractivity contribution in [2.24, 2.45) is 0 Å². The summed E-state index contributed by atoms with van der Waals surface area (Å²) in [4.78, 5) is 14.6. The molecule has 5 nitrogen and oxygen atoms in total. The maximum Gasteiger partial charge on any atom is 0.261 e. The van der Waals surface area contributed by atoms with Crippen LogP contribution in [-0.2, 0) is 11.3 Å². The van der Waals surface area contributed by atoms with Crippen molar-refractivity contribution in [3.05, 3.63) is 59.1 Å². The number of amides is 1. The van der Waals surface area contributed by atoms with Crippen molar-refractivity contribution in [1.82, 2.24) is 10.2 Å². The Morgan fingerprint density at radius 2 is 1.86 bits per heavy atom. The molecular weight excluding hydrogens is 376 g/mol. The molecule has 1 amide bonds. The molecule has 1 heterocycles. The number of benzene rings is 2. The van der Waals surface area contributed by atoms with Crippen molar-refractivity contribution >= 4 is 17.5 Å². The highest BCUT2D eigenvalue weighted by molar-refractivity contribution is 6.32. The number of halogens is 1. The molecule has 1 aliphatic rings. The predicted octanol–water partition coefficient (Wildman–Crippen LogP) is 3.90. The first-order chi connectivity index (χ1) is 13.5. The molecule has 2 aromatic rings. The van der Waals surface area contributed by atoms with Crippen molar-refractivity contribution in [1.29, 1.82) is 0 Å². The summed E-state index contributed by atoms with van der Waals surface area (Å²) >= 11 is 6.07. The Bertz CT molecular complexity index is 774. The molecule has 1 saturated heterocycles. The quantitative estimate of drug-likeness (QED) is 0.763. The number of carbonyl (C=O) groups is 1. The van der Waals surface area contributed by atoms with Gasteiger partial charge < -0.3 is 19.7 Å². The maximum absolute atomic E-state index is 12.3. The smallest absolute Gasteiger partial charge is 0.261 e. The Balaban J connectivity index is 1.45. The first-order valence-corrected chi connectivity index (χ1v) is 10.0. The van der Waals surface area contributed by atoms with Gasteiger partial charge in [-0.05, 0) is 56.6 Å². The molecule has 150 valence electrons. The van der Waals surface area contributed by atoms with E-state index in [0.717, 1.165) is 37.2 Å². The normalized spacial score (nSPS) is 16.4. The van der Waals surface area contributed by atoms with Gasteiger partial charge in [-0.2, -0.15) is 0 Å². The van der Waals surface area contributed by atoms with Crippen molar-refractivity contribution in [3.8, 4) is 11.5 Å². The summed E-state index contributed by atoms with van der Waals surface area (Å²) in [6, 6.07) is 15.0. The van der Waals surface area contributed by atoms with Crippen LogP contribution in [0.1, 0.15) is 25.3 Å². The molecule has 0 aliphatic carbocycles. The number of nitrogens with zero attached hydrogens (tertiary/aromatic N) is 1. The Kier molecular flexibility index (Phi) is 7.18. The third-order valence-electron chi connectivity index (χ3n) is 4.87. The fourth-order valence-electron chi connectivity index (χ4n) is 3.10. The van der Waals surface area contributed by atoms with Gasteiger partial charge in [-0.25, -0.2) is 0 Å². The molecule has 1 aliphatic heterocycles. The number of piperidine rings is 1. The van der Waals surface area contributed by atoms with E-state index in [1.807, 2.05) is 36.4 Å². The minimum absolute atomic E-state index is 0.188. The van der Waals surface area contributed by atoms with E-state index in [0.29, 0.717) is 17.3 Å². The van der Waals surface area contributed by atoms with Crippen LogP contribution in [0, 0.1) is 0 Å². The minimum atomic E-state index is -0.632. The summed E-state index contributed by atoms with van der Waals surface area (Å²) in [5, 5.41) is 3.38. The van der Waals surface area contributed by atoms with Gasteiger partial charge in [-0.1, -0.05) is 35.9 Å². The standard InChI is InChI=1S/C22H27ClN2O3/c1-16(27-21-6-4-3-5-20(21)23)22(26)24-15-17-7-9-18(10-8-17)28-19-11-13-25(2)14-12-19/h3-10,16,19H,11-15H2,1-2H3,(H,24,26)/t16-/m0/s1. The average molecular weight is 403 g/mol. The summed E-state index contributed by atoms with van der Waals surface area (Å²) in [5.74, 6) is 1.19. The van der Waals surface area contributed by atoms with Gasteiger partial charge in [0.2, 0.25) is 0 Å². The van der Waals surface area contributed by atoms with Gasteiger partial charge in [0.15, 0.2) is 6.10 Å². The second-order valence-electron chi connectivity index (χ2n) is 7.17. The van der Waals surface area contributed by atoms with Crippen LogP contribution in [0.15, 0.2) is 48.5 Å². The fourth-order valence-corrected chi connectivity index (χ4v) is 3.28. The van der Waals surface area contributed by atoms with Crippen LogP contribution in [0.3, 0.4) is 0 Å². The number of hydrogen-bond acceptors (Lipinski definition) is 4. The summed E-state index contributed by atoms with van der Waals surface area (Å²) in [5.41, 5.74) is 1.01. The van der Waals surface area contributed by atoms with Gasteiger partial charge in [0.25, 0.3) is 5.91 Å². The summed E-state index contributed by atoms with van der Waals surface area (Å²) in [6.45, 7) is 4.28. The zero-order valence-corrected chi connectivity index (χ0v) is 17.1. The maximum atomic E-state index is 12.3. The Morgan fingerprint density at radius 3 is 2.54 bits per heavy atom. The SMILES string of the molecule is C[C@H](Oc1ccccc1Cl)C(=O)NCc1ccc(OC2CCN(C)CC2)cc1. The molecule has 0 aromatic heterocycles. The highest BCUT2D eigenvalue weighted by Crippen LogP contribution is 2.24. The molecule has 0 spiro atoms. The van der Waals surface area contributed by atoms with E-state index in [9.17, 15) is 4.79 Å².